The van der Waals surface area contributed by atoms with Crippen LogP contribution in [0.25, 0.3) is 16.9 Å². The number of hydrogen-bond acceptors (Lipinski definition) is 2. The summed E-state index contributed by atoms with van der Waals surface area (Å²) in [5, 5.41) is 4.48. The van der Waals surface area contributed by atoms with E-state index in [-0.39, 0.29) is 0 Å². The van der Waals surface area contributed by atoms with Gasteiger partial charge in [-0.15, -0.1) is 0 Å². The van der Waals surface area contributed by atoms with Crippen LogP contribution in [0.3, 0.4) is 0 Å². The van der Waals surface area contributed by atoms with Crippen molar-refractivity contribution in [3.63, 3.8) is 0 Å². The standard InChI is InChI=1S/C13H11N3/c1-10-7-8-16-13(14-10)9-12(15-16)11-5-3-2-4-6-11/h2-9H,1H3. The molecule has 0 bridgehead atoms. The lowest BCUT2D eigenvalue weighted by atomic mass is 10.2. The zero-order valence-corrected chi connectivity index (χ0v) is 8.96. The largest absolute Gasteiger partial charge is 0.234 e. The van der Waals surface area contributed by atoms with Crippen molar-refractivity contribution in [1.29, 1.82) is 0 Å². The van der Waals surface area contributed by atoms with E-state index in [9.17, 15) is 0 Å². The number of aromatic nitrogens is 3. The molecule has 3 rings (SSSR count). The van der Waals surface area contributed by atoms with Gasteiger partial charge >= 0.3 is 0 Å². The van der Waals surface area contributed by atoms with Crippen molar-refractivity contribution < 1.29 is 0 Å². The molecule has 0 aliphatic carbocycles. The van der Waals surface area contributed by atoms with Crippen LogP contribution >= 0.6 is 0 Å². The van der Waals surface area contributed by atoms with Gasteiger partial charge in [-0.2, -0.15) is 5.10 Å². The van der Waals surface area contributed by atoms with Gasteiger partial charge in [0.15, 0.2) is 5.65 Å². The van der Waals surface area contributed by atoms with Crippen molar-refractivity contribution >= 4 is 5.65 Å². The number of hydrogen-bond donors (Lipinski definition) is 0. The van der Waals surface area contributed by atoms with Crippen LogP contribution in [0.4, 0.5) is 0 Å². The molecule has 0 spiro atoms. The smallest absolute Gasteiger partial charge is 0.155 e. The first-order valence-corrected chi connectivity index (χ1v) is 5.21. The lowest BCUT2D eigenvalue weighted by molar-refractivity contribution is 0.933. The molecule has 0 aliphatic heterocycles. The van der Waals surface area contributed by atoms with Crippen LogP contribution in [-0.4, -0.2) is 14.6 Å². The zero-order valence-electron chi connectivity index (χ0n) is 8.96. The Kier molecular flexibility index (Phi) is 1.96. The van der Waals surface area contributed by atoms with Crippen molar-refractivity contribution in [3.8, 4) is 11.3 Å². The molecule has 0 aliphatic rings. The second-order valence-corrected chi connectivity index (χ2v) is 3.77. The van der Waals surface area contributed by atoms with Crippen LogP contribution in [0.5, 0.6) is 0 Å². The van der Waals surface area contributed by atoms with Crippen molar-refractivity contribution in [2.24, 2.45) is 0 Å². The van der Waals surface area contributed by atoms with Crippen LogP contribution in [0.15, 0.2) is 48.7 Å². The summed E-state index contributed by atoms with van der Waals surface area (Å²) in [5.41, 5.74) is 3.97. The molecule has 0 unspecified atom stereocenters. The monoisotopic (exact) mass is 209 g/mol. The number of aryl methyl sites for hydroxylation is 1. The first-order valence-electron chi connectivity index (χ1n) is 5.21. The number of rotatable bonds is 1. The Bertz CT molecular complexity index is 626. The second kappa shape index (κ2) is 3.45. The third kappa shape index (κ3) is 1.46. The Hall–Kier alpha value is -2.16. The molecule has 0 saturated heterocycles. The maximum Gasteiger partial charge on any atom is 0.155 e. The third-order valence-corrected chi connectivity index (χ3v) is 2.53. The summed E-state index contributed by atoms with van der Waals surface area (Å²) in [4.78, 5) is 4.42. The molecule has 0 atom stereocenters. The van der Waals surface area contributed by atoms with E-state index in [0.717, 1.165) is 22.6 Å². The second-order valence-electron chi connectivity index (χ2n) is 3.77. The quantitative estimate of drug-likeness (QED) is 0.616. The SMILES string of the molecule is Cc1ccn2nc(-c3ccccc3)cc2n1. The molecule has 0 fully saturated rings. The molecule has 2 heterocycles. The molecule has 0 saturated carbocycles. The lowest BCUT2D eigenvalue weighted by Crippen LogP contribution is -1.90. The summed E-state index contributed by atoms with van der Waals surface area (Å²) < 4.78 is 1.80. The van der Waals surface area contributed by atoms with Crippen LogP contribution in [0.2, 0.25) is 0 Å². The molecule has 16 heavy (non-hydrogen) atoms. The minimum absolute atomic E-state index is 0.888. The lowest BCUT2D eigenvalue weighted by Gasteiger charge is -1.93. The Labute approximate surface area is 93.4 Å². The van der Waals surface area contributed by atoms with E-state index < -0.39 is 0 Å². The van der Waals surface area contributed by atoms with Gasteiger partial charge in [0.1, 0.15) is 0 Å². The highest BCUT2D eigenvalue weighted by atomic mass is 15.2. The van der Waals surface area contributed by atoms with E-state index >= 15 is 0 Å². The van der Waals surface area contributed by atoms with Gasteiger partial charge in [-0.1, -0.05) is 30.3 Å². The number of nitrogens with zero attached hydrogens (tertiary/aromatic N) is 3. The molecule has 1 aromatic carbocycles. The average molecular weight is 209 g/mol. The van der Waals surface area contributed by atoms with E-state index in [4.69, 9.17) is 0 Å². The van der Waals surface area contributed by atoms with Crippen molar-refractivity contribution in [1.82, 2.24) is 14.6 Å². The van der Waals surface area contributed by atoms with E-state index in [2.05, 4.69) is 22.2 Å². The average Bonchev–Trinajstić information content (AvgIpc) is 2.73. The molecule has 2 aromatic heterocycles. The van der Waals surface area contributed by atoms with Gasteiger partial charge in [-0.25, -0.2) is 9.50 Å². The minimum atomic E-state index is 0.888. The fraction of sp³-hybridized carbons (Fsp3) is 0.0769. The third-order valence-electron chi connectivity index (χ3n) is 2.53. The zero-order chi connectivity index (χ0) is 11.0. The Morgan fingerprint density at radius 3 is 2.69 bits per heavy atom. The summed E-state index contributed by atoms with van der Waals surface area (Å²) in [6, 6.07) is 14.1. The predicted molar refractivity (Wildman–Crippen MR) is 63.2 cm³/mol. The molecule has 3 nitrogen and oxygen atoms in total. The van der Waals surface area contributed by atoms with Crippen molar-refractivity contribution in [2.75, 3.05) is 0 Å². The van der Waals surface area contributed by atoms with Gasteiger partial charge in [0.25, 0.3) is 0 Å². The minimum Gasteiger partial charge on any atom is -0.234 e. The van der Waals surface area contributed by atoms with Gasteiger partial charge in [-0.05, 0) is 13.0 Å². The van der Waals surface area contributed by atoms with Gasteiger partial charge in [0.2, 0.25) is 0 Å². The molecule has 0 radical (unpaired) electrons. The number of fused-ring (bicyclic) bond motifs is 1. The maximum absolute atomic E-state index is 4.48. The molecular weight excluding hydrogens is 198 g/mol. The summed E-state index contributed by atoms with van der Waals surface area (Å²) in [6.07, 6.45) is 1.93. The van der Waals surface area contributed by atoms with E-state index in [1.165, 1.54) is 0 Å². The Balaban J connectivity index is 2.19. The molecule has 0 amide bonds. The first kappa shape index (κ1) is 9.09. The molecule has 78 valence electrons. The fourth-order valence-corrected chi connectivity index (χ4v) is 1.72. The highest BCUT2D eigenvalue weighted by Crippen LogP contribution is 2.18. The van der Waals surface area contributed by atoms with E-state index in [1.54, 1.807) is 4.52 Å². The molecule has 3 heteroatoms. The fourth-order valence-electron chi connectivity index (χ4n) is 1.72. The normalized spacial score (nSPS) is 10.8. The predicted octanol–water partition coefficient (Wildman–Crippen LogP) is 2.70. The van der Waals surface area contributed by atoms with Crippen LogP contribution in [0.1, 0.15) is 5.69 Å². The van der Waals surface area contributed by atoms with E-state index in [1.807, 2.05) is 43.5 Å². The van der Waals surface area contributed by atoms with Gasteiger partial charge < -0.3 is 0 Å². The van der Waals surface area contributed by atoms with Gasteiger partial charge in [0, 0.05) is 23.5 Å². The van der Waals surface area contributed by atoms with Gasteiger partial charge in [0.05, 0.1) is 5.69 Å². The van der Waals surface area contributed by atoms with Crippen LogP contribution in [-0.2, 0) is 0 Å². The van der Waals surface area contributed by atoms with Crippen molar-refractivity contribution in [2.45, 2.75) is 6.92 Å². The Morgan fingerprint density at radius 1 is 1.06 bits per heavy atom. The molecule has 0 N–H and O–H groups in total. The molecular formula is C13H11N3. The van der Waals surface area contributed by atoms with E-state index in [0.29, 0.717) is 0 Å². The Morgan fingerprint density at radius 2 is 1.88 bits per heavy atom. The summed E-state index contributed by atoms with van der Waals surface area (Å²) >= 11 is 0. The molecule has 3 aromatic rings. The van der Waals surface area contributed by atoms with Crippen LogP contribution < -0.4 is 0 Å². The topological polar surface area (TPSA) is 30.2 Å². The van der Waals surface area contributed by atoms with Crippen LogP contribution in [0, 0.1) is 6.92 Å². The summed E-state index contributed by atoms with van der Waals surface area (Å²) in [5.74, 6) is 0. The highest BCUT2D eigenvalue weighted by Gasteiger charge is 2.04. The summed E-state index contributed by atoms with van der Waals surface area (Å²) in [7, 11) is 0. The van der Waals surface area contributed by atoms with Gasteiger partial charge in [-0.3, -0.25) is 0 Å². The highest BCUT2D eigenvalue weighted by molar-refractivity contribution is 5.63. The first-order chi connectivity index (χ1) is 7.83. The summed E-state index contributed by atoms with van der Waals surface area (Å²) in [6.45, 7) is 1.98. The number of benzene rings is 1. The van der Waals surface area contributed by atoms with Crippen molar-refractivity contribution in [3.05, 3.63) is 54.4 Å². The maximum atomic E-state index is 4.48.